The van der Waals surface area contributed by atoms with Crippen LogP contribution < -0.4 is 0 Å². The Hall–Kier alpha value is -1.50. The van der Waals surface area contributed by atoms with Crippen molar-refractivity contribution >= 4 is 5.91 Å². The number of ether oxygens (including phenoxy) is 1. The van der Waals surface area contributed by atoms with Crippen molar-refractivity contribution in [2.45, 2.75) is 32.4 Å². The van der Waals surface area contributed by atoms with Crippen molar-refractivity contribution in [1.82, 2.24) is 19.7 Å². The zero-order valence-corrected chi connectivity index (χ0v) is 15.3. The SMILES string of the molecule is C[C@H](CC(=O)N1CCCN(Cc2ccccn2)CC1)N1CCOCC1. The van der Waals surface area contributed by atoms with Crippen LogP contribution in [0.25, 0.3) is 0 Å². The lowest BCUT2D eigenvalue weighted by molar-refractivity contribution is -0.132. The van der Waals surface area contributed by atoms with E-state index in [1.54, 1.807) is 0 Å². The fourth-order valence-electron chi connectivity index (χ4n) is 3.63. The molecule has 0 unspecified atom stereocenters. The monoisotopic (exact) mass is 346 g/mol. The van der Waals surface area contributed by atoms with E-state index in [-0.39, 0.29) is 0 Å². The van der Waals surface area contributed by atoms with Gasteiger partial charge in [-0.15, -0.1) is 0 Å². The molecule has 3 heterocycles. The van der Waals surface area contributed by atoms with Crippen LogP contribution in [0.2, 0.25) is 0 Å². The Balaban J connectivity index is 1.46. The number of rotatable bonds is 5. The molecule has 1 aromatic rings. The molecular weight excluding hydrogens is 316 g/mol. The molecule has 1 amide bonds. The van der Waals surface area contributed by atoms with Crippen molar-refractivity contribution in [3.05, 3.63) is 30.1 Å². The van der Waals surface area contributed by atoms with E-state index in [9.17, 15) is 4.79 Å². The van der Waals surface area contributed by atoms with E-state index in [1.165, 1.54) is 0 Å². The van der Waals surface area contributed by atoms with E-state index >= 15 is 0 Å². The molecule has 0 aromatic carbocycles. The fourth-order valence-corrected chi connectivity index (χ4v) is 3.63. The zero-order valence-electron chi connectivity index (χ0n) is 15.3. The molecule has 3 rings (SSSR count). The molecule has 6 nitrogen and oxygen atoms in total. The van der Waals surface area contributed by atoms with Gasteiger partial charge in [-0.05, 0) is 25.5 Å². The summed E-state index contributed by atoms with van der Waals surface area (Å²) < 4.78 is 5.40. The molecule has 0 aliphatic carbocycles. The molecule has 138 valence electrons. The van der Waals surface area contributed by atoms with Gasteiger partial charge in [0.25, 0.3) is 0 Å². The molecule has 0 radical (unpaired) electrons. The van der Waals surface area contributed by atoms with E-state index in [4.69, 9.17) is 4.74 Å². The Morgan fingerprint density at radius 1 is 1.16 bits per heavy atom. The molecule has 1 aromatic heterocycles. The average Bonchev–Trinajstić information content (AvgIpc) is 2.89. The Morgan fingerprint density at radius 2 is 2.00 bits per heavy atom. The van der Waals surface area contributed by atoms with Crippen LogP contribution in [0, 0.1) is 0 Å². The molecule has 0 bridgehead atoms. The number of hydrogen-bond donors (Lipinski definition) is 0. The van der Waals surface area contributed by atoms with Crippen LogP contribution >= 0.6 is 0 Å². The lowest BCUT2D eigenvalue weighted by Crippen LogP contribution is -2.45. The van der Waals surface area contributed by atoms with Gasteiger partial charge in [0.15, 0.2) is 0 Å². The van der Waals surface area contributed by atoms with Gasteiger partial charge in [0.05, 0.1) is 18.9 Å². The number of nitrogens with zero attached hydrogens (tertiary/aromatic N) is 4. The van der Waals surface area contributed by atoms with Crippen molar-refractivity contribution in [2.24, 2.45) is 0 Å². The normalized spacial score (nSPS) is 21.7. The van der Waals surface area contributed by atoms with Crippen LogP contribution in [-0.2, 0) is 16.1 Å². The number of aromatic nitrogens is 1. The summed E-state index contributed by atoms with van der Waals surface area (Å²) in [5.74, 6) is 0.290. The molecule has 2 aliphatic heterocycles. The van der Waals surface area contributed by atoms with E-state index in [0.717, 1.165) is 71.1 Å². The van der Waals surface area contributed by atoms with Crippen molar-refractivity contribution in [2.75, 3.05) is 52.5 Å². The van der Waals surface area contributed by atoms with Crippen LogP contribution in [-0.4, -0.2) is 84.1 Å². The van der Waals surface area contributed by atoms with E-state index < -0.39 is 0 Å². The number of pyridine rings is 1. The van der Waals surface area contributed by atoms with Crippen molar-refractivity contribution in [1.29, 1.82) is 0 Å². The molecule has 2 aliphatic rings. The molecule has 25 heavy (non-hydrogen) atoms. The van der Waals surface area contributed by atoms with Gasteiger partial charge in [-0.25, -0.2) is 0 Å². The third-order valence-corrected chi connectivity index (χ3v) is 5.19. The second-order valence-corrected chi connectivity index (χ2v) is 7.03. The van der Waals surface area contributed by atoms with Crippen molar-refractivity contribution in [3.63, 3.8) is 0 Å². The molecule has 2 saturated heterocycles. The van der Waals surface area contributed by atoms with Crippen LogP contribution in [0.4, 0.5) is 0 Å². The molecule has 0 saturated carbocycles. The van der Waals surface area contributed by atoms with Crippen molar-refractivity contribution < 1.29 is 9.53 Å². The number of hydrogen-bond acceptors (Lipinski definition) is 5. The van der Waals surface area contributed by atoms with Gasteiger partial charge >= 0.3 is 0 Å². The van der Waals surface area contributed by atoms with Gasteiger partial charge < -0.3 is 9.64 Å². The summed E-state index contributed by atoms with van der Waals surface area (Å²) >= 11 is 0. The zero-order chi connectivity index (χ0) is 17.5. The Kier molecular flexibility index (Phi) is 6.78. The van der Waals surface area contributed by atoms with Gasteiger partial charge in [-0.3, -0.25) is 19.6 Å². The van der Waals surface area contributed by atoms with Gasteiger partial charge in [0.2, 0.25) is 5.91 Å². The average molecular weight is 346 g/mol. The number of morpholine rings is 1. The number of carbonyl (C=O) groups excluding carboxylic acids is 1. The summed E-state index contributed by atoms with van der Waals surface area (Å²) in [7, 11) is 0. The summed E-state index contributed by atoms with van der Waals surface area (Å²) in [6.45, 7) is 10.1. The summed E-state index contributed by atoms with van der Waals surface area (Å²) in [6, 6.07) is 6.34. The highest BCUT2D eigenvalue weighted by Gasteiger charge is 2.24. The standard InChI is InChI=1S/C19H30N4O2/c1-17(22-11-13-25-14-12-22)15-19(24)23-8-4-7-21(9-10-23)16-18-5-2-3-6-20-18/h2-3,5-6,17H,4,7-16H2,1H3/t17-/m1/s1. The topological polar surface area (TPSA) is 48.9 Å². The first-order valence-electron chi connectivity index (χ1n) is 9.44. The first kappa shape index (κ1) is 18.3. The van der Waals surface area contributed by atoms with E-state index in [0.29, 0.717) is 18.4 Å². The van der Waals surface area contributed by atoms with Crippen LogP contribution in [0.1, 0.15) is 25.5 Å². The maximum Gasteiger partial charge on any atom is 0.224 e. The summed E-state index contributed by atoms with van der Waals surface area (Å²) in [5, 5.41) is 0. The Morgan fingerprint density at radius 3 is 2.76 bits per heavy atom. The molecule has 0 N–H and O–H groups in total. The third kappa shape index (κ3) is 5.49. The smallest absolute Gasteiger partial charge is 0.224 e. The highest BCUT2D eigenvalue weighted by atomic mass is 16.5. The minimum Gasteiger partial charge on any atom is -0.379 e. The molecule has 6 heteroatoms. The minimum atomic E-state index is 0.290. The second kappa shape index (κ2) is 9.27. The van der Waals surface area contributed by atoms with Crippen LogP contribution in [0.5, 0.6) is 0 Å². The summed E-state index contributed by atoms with van der Waals surface area (Å²) in [5.41, 5.74) is 1.10. The molecular formula is C19H30N4O2. The van der Waals surface area contributed by atoms with Crippen molar-refractivity contribution in [3.8, 4) is 0 Å². The largest absolute Gasteiger partial charge is 0.379 e. The maximum atomic E-state index is 12.7. The summed E-state index contributed by atoms with van der Waals surface area (Å²) in [4.78, 5) is 23.9. The molecule has 2 fully saturated rings. The highest BCUT2D eigenvalue weighted by molar-refractivity contribution is 5.76. The Bertz CT molecular complexity index is 533. The molecule has 0 spiro atoms. The maximum absolute atomic E-state index is 12.7. The lowest BCUT2D eigenvalue weighted by atomic mass is 10.1. The summed E-state index contributed by atoms with van der Waals surface area (Å²) in [6.07, 6.45) is 3.49. The first-order valence-corrected chi connectivity index (χ1v) is 9.44. The lowest BCUT2D eigenvalue weighted by Gasteiger charge is -2.33. The number of amides is 1. The van der Waals surface area contributed by atoms with Gasteiger partial charge in [-0.1, -0.05) is 6.07 Å². The first-order chi connectivity index (χ1) is 12.2. The second-order valence-electron chi connectivity index (χ2n) is 7.03. The van der Waals surface area contributed by atoms with E-state index in [2.05, 4.69) is 32.7 Å². The minimum absolute atomic E-state index is 0.290. The van der Waals surface area contributed by atoms with E-state index in [1.807, 2.05) is 18.3 Å². The van der Waals surface area contributed by atoms with Gasteiger partial charge in [0.1, 0.15) is 0 Å². The molecule has 1 atom stereocenters. The predicted molar refractivity (Wildman–Crippen MR) is 97.2 cm³/mol. The van der Waals surface area contributed by atoms with Gasteiger partial charge in [-0.2, -0.15) is 0 Å². The predicted octanol–water partition coefficient (Wildman–Crippen LogP) is 1.23. The fraction of sp³-hybridized carbons (Fsp3) is 0.684. The highest BCUT2D eigenvalue weighted by Crippen LogP contribution is 2.12. The van der Waals surface area contributed by atoms with Crippen LogP contribution in [0.3, 0.4) is 0 Å². The quantitative estimate of drug-likeness (QED) is 0.803. The number of carbonyl (C=O) groups is 1. The van der Waals surface area contributed by atoms with Gasteiger partial charge in [0, 0.05) is 64.5 Å². The third-order valence-electron chi connectivity index (χ3n) is 5.19. The van der Waals surface area contributed by atoms with Crippen LogP contribution in [0.15, 0.2) is 24.4 Å². The Labute approximate surface area is 150 Å².